The first-order valence-corrected chi connectivity index (χ1v) is 7.30. The fraction of sp³-hybridized carbons (Fsp3) is 0.571. The van der Waals surface area contributed by atoms with Crippen LogP contribution in [0.2, 0.25) is 0 Å². The average Bonchev–Trinajstić information content (AvgIpc) is 2.76. The molecule has 0 saturated heterocycles. The number of hydrogen-bond donors (Lipinski definition) is 1. The van der Waals surface area contributed by atoms with E-state index in [1.807, 2.05) is 18.8 Å². The molecule has 1 heterocycles. The van der Waals surface area contributed by atoms with E-state index >= 15 is 0 Å². The number of fused-ring (bicyclic) bond motifs is 1. The van der Waals surface area contributed by atoms with Crippen LogP contribution in [0, 0.1) is 0 Å². The summed E-state index contributed by atoms with van der Waals surface area (Å²) in [7, 11) is 2.04. The van der Waals surface area contributed by atoms with E-state index in [9.17, 15) is 0 Å². The van der Waals surface area contributed by atoms with Gasteiger partial charge in [-0.05, 0) is 29.5 Å². The van der Waals surface area contributed by atoms with Crippen molar-refractivity contribution in [2.45, 2.75) is 31.6 Å². The normalized spacial score (nSPS) is 15.8. The Labute approximate surface area is 108 Å². The molecule has 1 unspecified atom stereocenters. The van der Waals surface area contributed by atoms with Crippen LogP contribution in [0.4, 0.5) is 0 Å². The Balaban J connectivity index is 2.08. The summed E-state index contributed by atoms with van der Waals surface area (Å²) in [5.74, 6) is 2.19. The zero-order valence-electron chi connectivity index (χ0n) is 10.8. The number of rotatable bonds is 5. The predicted molar refractivity (Wildman–Crippen MR) is 75.0 cm³/mol. The summed E-state index contributed by atoms with van der Waals surface area (Å²) >= 11 is 2.00. The van der Waals surface area contributed by atoms with Gasteiger partial charge < -0.3 is 10.1 Å². The predicted octanol–water partition coefficient (Wildman–Crippen LogP) is 3.02. The van der Waals surface area contributed by atoms with E-state index < -0.39 is 0 Å². The molecule has 1 aromatic carbocycles. The Bertz CT molecular complexity index is 378. The molecule has 0 saturated carbocycles. The van der Waals surface area contributed by atoms with Gasteiger partial charge in [-0.2, -0.15) is 11.8 Å². The summed E-state index contributed by atoms with van der Waals surface area (Å²) in [6.45, 7) is 5.32. The van der Waals surface area contributed by atoms with Gasteiger partial charge >= 0.3 is 0 Å². The first kappa shape index (κ1) is 12.8. The lowest BCUT2D eigenvalue weighted by Gasteiger charge is -2.18. The average molecular weight is 251 g/mol. The molecule has 1 N–H and O–H groups in total. The van der Waals surface area contributed by atoms with Gasteiger partial charge in [0.05, 0.1) is 6.61 Å². The van der Waals surface area contributed by atoms with Crippen LogP contribution in [0.25, 0.3) is 0 Å². The Hall–Kier alpha value is -0.670. The van der Waals surface area contributed by atoms with Gasteiger partial charge in [-0.15, -0.1) is 0 Å². The Morgan fingerprint density at radius 1 is 1.41 bits per heavy atom. The molecule has 1 atom stereocenters. The molecule has 0 aliphatic carbocycles. The Morgan fingerprint density at radius 3 is 2.94 bits per heavy atom. The molecule has 1 aromatic rings. The van der Waals surface area contributed by atoms with Crippen LogP contribution in [-0.4, -0.2) is 24.7 Å². The van der Waals surface area contributed by atoms with E-state index in [-0.39, 0.29) is 0 Å². The van der Waals surface area contributed by atoms with Crippen LogP contribution < -0.4 is 10.1 Å². The van der Waals surface area contributed by atoms with Crippen molar-refractivity contribution in [1.82, 2.24) is 5.32 Å². The molecule has 0 bridgehead atoms. The van der Waals surface area contributed by atoms with E-state index in [1.54, 1.807) is 0 Å². The van der Waals surface area contributed by atoms with Crippen LogP contribution in [-0.2, 0) is 6.42 Å². The van der Waals surface area contributed by atoms with Crippen LogP contribution in [0.15, 0.2) is 18.2 Å². The van der Waals surface area contributed by atoms with Gasteiger partial charge in [-0.1, -0.05) is 26.0 Å². The highest BCUT2D eigenvalue weighted by Gasteiger charge is 2.16. The molecule has 0 amide bonds. The summed E-state index contributed by atoms with van der Waals surface area (Å²) in [4.78, 5) is 0. The lowest BCUT2D eigenvalue weighted by Crippen LogP contribution is -2.19. The van der Waals surface area contributed by atoms with Gasteiger partial charge in [0.1, 0.15) is 5.75 Å². The number of benzene rings is 1. The number of nitrogens with one attached hydrogen (secondary N) is 1. The summed E-state index contributed by atoms with van der Waals surface area (Å²) in [6.07, 6.45) is 1.05. The summed E-state index contributed by atoms with van der Waals surface area (Å²) in [6, 6.07) is 7.03. The number of hydrogen-bond acceptors (Lipinski definition) is 3. The maximum atomic E-state index is 5.54. The van der Waals surface area contributed by atoms with Gasteiger partial charge in [0, 0.05) is 18.2 Å². The molecule has 1 aliphatic rings. The van der Waals surface area contributed by atoms with E-state index in [4.69, 9.17) is 4.74 Å². The minimum Gasteiger partial charge on any atom is -0.493 e. The molecule has 1 aliphatic heterocycles. The quantitative estimate of drug-likeness (QED) is 0.869. The third kappa shape index (κ3) is 3.17. The second kappa shape index (κ2) is 5.78. The molecule has 0 spiro atoms. The minimum atomic E-state index is 0.438. The molecule has 94 valence electrons. The molecule has 0 fully saturated rings. The van der Waals surface area contributed by atoms with Gasteiger partial charge in [-0.3, -0.25) is 0 Å². The maximum absolute atomic E-state index is 5.54. The smallest absolute Gasteiger partial charge is 0.122 e. The van der Waals surface area contributed by atoms with Crippen LogP contribution in [0.5, 0.6) is 5.75 Å². The van der Waals surface area contributed by atoms with Crippen molar-refractivity contribution in [1.29, 1.82) is 0 Å². The summed E-state index contributed by atoms with van der Waals surface area (Å²) in [5.41, 5.74) is 2.74. The topological polar surface area (TPSA) is 21.3 Å². The molecule has 2 nitrogen and oxygen atoms in total. The third-order valence-corrected chi connectivity index (χ3v) is 4.25. The highest BCUT2D eigenvalue weighted by Crippen LogP contribution is 2.29. The Kier molecular flexibility index (Phi) is 4.35. The van der Waals surface area contributed by atoms with Crippen molar-refractivity contribution >= 4 is 11.8 Å². The molecular formula is C14H21NOS. The maximum Gasteiger partial charge on any atom is 0.122 e. The van der Waals surface area contributed by atoms with Gasteiger partial charge in [0.2, 0.25) is 0 Å². The lowest BCUT2D eigenvalue weighted by atomic mass is 10.0. The molecular weight excluding hydrogens is 230 g/mol. The molecule has 0 radical (unpaired) electrons. The zero-order chi connectivity index (χ0) is 12.3. The van der Waals surface area contributed by atoms with Crippen molar-refractivity contribution in [3.63, 3.8) is 0 Å². The minimum absolute atomic E-state index is 0.438. The van der Waals surface area contributed by atoms with E-state index in [1.165, 1.54) is 11.1 Å². The number of thioether (sulfide) groups is 1. The van der Waals surface area contributed by atoms with Crippen molar-refractivity contribution < 1.29 is 4.74 Å². The fourth-order valence-electron chi connectivity index (χ4n) is 2.06. The van der Waals surface area contributed by atoms with Crippen molar-refractivity contribution in [2.75, 3.05) is 19.4 Å². The lowest BCUT2D eigenvalue weighted by molar-refractivity contribution is 0.357. The highest BCUT2D eigenvalue weighted by molar-refractivity contribution is 7.99. The summed E-state index contributed by atoms with van der Waals surface area (Å²) < 4.78 is 5.54. The van der Waals surface area contributed by atoms with Crippen molar-refractivity contribution in [3.05, 3.63) is 29.3 Å². The SMILES string of the molecule is CNC(CSC(C)C)c1ccc2c(c1)CCO2. The van der Waals surface area contributed by atoms with Crippen molar-refractivity contribution in [2.24, 2.45) is 0 Å². The second-order valence-electron chi connectivity index (χ2n) is 4.69. The molecule has 17 heavy (non-hydrogen) atoms. The monoisotopic (exact) mass is 251 g/mol. The Morgan fingerprint density at radius 2 is 2.24 bits per heavy atom. The van der Waals surface area contributed by atoms with Crippen LogP contribution in [0.3, 0.4) is 0 Å². The van der Waals surface area contributed by atoms with Crippen molar-refractivity contribution in [3.8, 4) is 5.75 Å². The highest BCUT2D eigenvalue weighted by atomic mass is 32.2. The first-order valence-electron chi connectivity index (χ1n) is 6.25. The summed E-state index contributed by atoms with van der Waals surface area (Å²) in [5, 5.41) is 4.09. The zero-order valence-corrected chi connectivity index (χ0v) is 11.6. The van der Waals surface area contributed by atoms with Gasteiger partial charge in [-0.25, -0.2) is 0 Å². The van der Waals surface area contributed by atoms with Crippen LogP contribution in [0.1, 0.15) is 31.0 Å². The fourth-order valence-corrected chi connectivity index (χ4v) is 2.99. The standard InChI is InChI=1S/C14H21NOS/c1-10(2)17-9-13(15-3)11-4-5-14-12(8-11)6-7-16-14/h4-5,8,10,13,15H,6-7,9H2,1-3H3. The van der Waals surface area contributed by atoms with Gasteiger partial charge in [0.25, 0.3) is 0 Å². The second-order valence-corrected chi connectivity index (χ2v) is 6.30. The molecule has 2 rings (SSSR count). The molecule has 3 heteroatoms. The van der Waals surface area contributed by atoms with Gasteiger partial charge in [0.15, 0.2) is 0 Å². The largest absolute Gasteiger partial charge is 0.493 e. The number of ether oxygens (including phenoxy) is 1. The van der Waals surface area contributed by atoms with Crippen LogP contribution >= 0.6 is 11.8 Å². The first-order chi connectivity index (χ1) is 8.20. The van der Waals surface area contributed by atoms with E-state index in [0.717, 1.165) is 24.5 Å². The third-order valence-electron chi connectivity index (χ3n) is 3.06. The van der Waals surface area contributed by atoms with E-state index in [2.05, 4.69) is 37.4 Å². The molecule has 0 aromatic heterocycles. The van der Waals surface area contributed by atoms with E-state index in [0.29, 0.717) is 11.3 Å².